The molecule has 1 saturated carbocycles. The van der Waals surface area contributed by atoms with Crippen molar-refractivity contribution in [1.29, 1.82) is 0 Å². The molecule has 0 N–H and O–H groups in total. The molecule has 2 aromatic carbocycles. The van der Waals surface area contributed by atoms with Crippen molar-refractivity contribution in [3.8, 4) is 0 Å². The third-order valence-corrected chi connectivity index (χ3v) is 8.09. The van der Waals surface area contributed by atoms with E-state index >= 15 is 0 Å². The maximum atomic E-state index is 13.3. The molecule has 0 spiro atoms. The molecule has 1 heterocycles. The maximum absolute atomic E-state index is 13.3. The van der Waals surface area contributed by atoms with Gasteiger partial charge in [-0.1, -0.05) is 48.9 Å². The number of sulfonamides is 1. The molecule has 1 saturated heterocycles. The van der Waals surface area contributed by atoms with E-state index in [1.807, 2.05) is 30.3 Å². The van der Waals surface area contributed by atoms with Gasteiger partial charge in [-0.15, -0.1) is 0 Å². The number of nitrogens with zero attached hydrogens (tertiary/aromatic N) is 3. The molecule has 2 fully saturated rings. The van der Waals surface area contributed by atoms with Crippen LogP contribution in [-0.4, -0.2) is 54.6 Å². The number of para-hydroxylation sites is 1. The molecule has 30 heavy (non-hydrogen) atoms. The molecule has 1 aliphatic carbocycles. The summed E-state index contributed by atoms with van der Waals surface area (Å²) in [6, 6.07) is 15.1. The average Bonchev–Trinajstić information content (AvgIpc) is 2.74. The van der Waals surface area contributed by atoms with Crippen LogP contribution in [0.4, 0.5) is 5.69 Å². The lowest BCUT2D eigenvalue weighted by atomic mass is 9.63. The molecule has 158 valence electrons. The number of nitro benzene ring substituents is 1. The van der Waals surface area contributed by atoms with Crippen LogP contribution in [0.25, 0.3) is 0 Å². The minimum atomic E-state index is -4.01. The predicted octanol–water partition coefficient (Wildman–Crippen LogP) is 2.55. The number of amides is 1. The van der Waals surface area contributed by atoms with Crippen LogP contribution in [0.3, 0.4) is 0 Å². The lowest BCUT2D eigenvalue weighted by Crippen LogP contribution is -2.57. The molecule has 0 bridgehead atoms. The normalized spacial score (nSPS) is 19.1. The van der Waals surface area contributed by atoms with Crippen LogP contribution in [-0.2, 0) is 20.2 Å². The van der Waals surface area contributed by atoms with Gasteiger partial charge in [-0.2, -0.15) is 4.31 Å². The van der Waals surface area contributed by atoms with Crippen molar-refractivity contribution in [3.05, 3.63) is 70.3 Å². The minimum absolute atomic E-state index is 0.0442. The average molecular weight is 429 g/mol. The molecule has 2 aliphatic rings. The summed E-state index contributed by atoms with van der Waals surface area (Å²) in [4.78, 5) is 25.3. The van der Waals surface area contributed by atoms with Gasteiger partial charge >= 0.3 is 0 Å². The maximum Gasteiger partial charge on any atom is 0.289 e. The summed E-state index contributed by atoms with van der Waals surface area (Å²) in [5.74, 6) is 0.0442. The highest BCUT2D eigenvalue weighted by Crippen LogP contribution is 2.45. The first-order chi connectivity index (χ1) is 14.4. The summed E-state index contributed by atoms with van der Waals surface area (Å²) in [5, 5.41) is 11.2. The van der Waals surface area contributed by atoms with Gasteiger partial charge < -0.3 is 4.90 Å². The molecule has 4 rings (SSSR count). The molecule has 9 heteroatoms. The molecular formula is C21H23N3O5S. The van der Waals surface area contributed by atoms with Crippen LogP contribution in [0.15, 0.2) is 59.5 Å². The lowest BCUT2D eigenvalue weighted by molar-refractivity contribution is -0.387. The highest BCUT2D eigenvalue weighted by Gasteiger charge is 2.48. The molecule has 2 aromatic rings. The number of hydrogen-bond acceptors (Lipinski definition) is 5. The van der Waals surface area contributed by atoms with E-state index in [9.17, 15) is 23.3 Å². The van der Waals surface area contributed by atoms with Gasteiger partial charge in [0.2, 0.25) is 15.9 Å². The van der Waals surface area contributed by atoms with Gasteiger partial charge in [0.05, 0.1) is 10.3 Å². The lowest BCUT2D eigenvalue weighted by Gasteiger charge is -2.45. The van der Waals surface area contributed by atoms with E-state index in [4.69, 9.17) is 0 Å². The molecule has 0 atom stereocenters. The fourth-order valence-corrected chi connectivity index (χ4v) is 5.89. The van der Waals surface area contributed by atoms with Crippen molar-refractivity contribution in [2.45, 2.75) is 29.6 Å². The molecule has 1 amide bonds. The summed E-state index contributed by atoms with van der Waals surface area (Å²) >= 11 is 0. The first-order valence-electron chi connectivity index (χ1n) is 9.95. The molecule has 8 nitrogen and oxygen atoms in total. The first kappa shape index (κ1) is 20.5. The SMILES string of the molecule is O=C(N1CCN(S(=O)(=O)c2ccccc2[N+](=O)[O-])CC1)C1(c2ccccc2)CCC1. The number of hydrogen-bond donors (Lipinski definition) is 0. The smallest absolute Gasteiger partial charge is 0.289 e. The van der Waals surface area contributed by atoms with E-state index in [0.717, 1.165) is 24.8 Å². The monoisotopic (exact) mass is 429 g/mol. The van der Waals surface area contributed by atoms with Gasteiger partial charge in [-0.25, -0.2) is 8.42 Å². The second-order valence-electron chi connectivity index (χ2n) is 7.72. The van der Waals surface area contributed by atoms with Crippen LogP contribution in [0, 0.1) is 10.1 Å². The highest BCUT2D eigenvalue weighted by molar-refractivity contribution is 7.89. The van der Waals surface area contributed by atoms with Crippen LogP contribution >= 0.6 is 0 Å². The van der Waals surface area contributed by atoms with Crippen molar-refractivity contribution in [1.82, 2.24) is 9.21 Å². The Morgan fingerprint density at radius 2 is 1.53 bits per heavy atom. The van der Waals surface area contributed by atoms with E-state index in [-0.39, 0.29) is 37.0 Å². The van der Waals surface area contributed by atoms with Crippen molar-refractivity contribution >= 4 is 21.6 Å². The molecule has 0 aromatic heterocycles. The van der Waals surface area contributed by atoms with Gasteiger partial charge in [0.15, 0.2) is 4.90 Å². The highest BCUT2D eigenvalue weighted by atomic mass is 32.2. The largest absolute Gasteiger partial charge is 0.339 e. The summed E-state index contributed by atoms with van der Waals surface area (Å²) in [6.45, 7) is 0.774. The van der Waals surface area contributed by atoms with Crippen molar-refractivity contribution in [2.75, 3.05) is 26.2 Å². The van der Waals surface area contributed by atoms with Gasteiger partial charge in [0, 0.05) is 32.2 Å². The zero-order valence-corrected chi connectivity index (χ0v) is 17.3. The third kappa shape index (κ3) is 3.37. The fraction of sp³-hybridized carbons (Fsp3) is 0.381. The Bertz CT molecular complexity index is 1060. The Morgan fingerprint density at radius 3 is 2.10 bits per heavy atom. The summed E-state index contributed by atoms with van der Waals surface area (Å²) in [5.41, 5.74) is 0.0604. The Morgan fingerprint density at radius 1 is 0.933 bits per heavy atom. The molecule has 0 unspecified atom stereocenters. The molecular weight excluding hydrogens is 406 g/mol. The Labute approximate surface area is 175 Å². The van der Waals surface area contributed by atoms with E-state index in [1.54, 1.807) is 4.90 Å². The van der Waals surface area contributed by atoms with E-state index in [1.165, 1.54) is 28.6 Å². The summed E-state index contributed by atoms with van der Waals surface area (Å²) < 4.78 is 27.2. The molecule has 0 radical (unpaired) electrons. The van der Waals surface area contributed by atoms with Crippen molar-refractivity contribution in [3.63, 3.8) is 0 Å². The number of carbonyl (C=O) groups excluding carboxylic acids is 1. The third-order valence-electron chi connectivity index (χ3n) is 6.15. The number of piperazine rings is 1. The Balaban J connectivity index is 1.50. The first-order valence-corrected chi connectivity index (χ1v) is 11.4. The van der Waals surface area contributed by atoms with E-state index in [0.29, 0.717) is 0 Å². The summed E-state index contributed by atoms with van der Waals surface area (Å²) in [7, 11) is -4.01. The standard InChI is InChI=1S/C21H23N3O5S/c25-20(21(11-6-12-21)17-7-2-1-3-8-17)22-13-15-23(16-14-22)30(28,29)19-10-5-4-9-18(19)24(26)27/h1-5,7-10H,6,11-16H2. The van der Waals surface area contributed by atoms with Crippen LogP contribution < -0.4 is 0 Å². The van der Waals surface area contributed by atoms with Crippen molar-refractivity contribution < 1.29 is 18.1 Å². The Kier molecular flexibility index (Phi) is 5.33. The number of nitro groups is 1. The van der Waals surface area contributed by atoms with E-state index < -0.39 is 26.0 Å². The second-order valence-corrected chi connectivity index (χ2v) is 9.63. The zero-order chi connectivity index (χ0) is 21.4. The van der Waals surface area contributed by atoms with Gasteiger partial charge in [-0.05, 0) is 24.5 Å². The van der Waals surface area contributed by atoms with Gasteiger partial charge in [0.25, 0.3) is 5.69 Å². The van der Waals surface area contributed by atoms with Gasteiger partial charge in [-0.3, -0.25) is 14.9 Å². The zero-order valence-electron chi connectivity index (χ0n) is 16.4. The summed E-state index contributed by atoms with van der Waals surface area (Å²) in [6.07, 6.45) is 2.59. The van der Waals surface area contributed by atoms with E-state index in [2.05, 4.69) is 0 Å². The fourth-order valence-electron chi connectivity index (χ4n) is 4.31. The molecule has 1 aliphatic heterocycles. The quantitative estimate of drug-likeness (QED) is 0.537. The minimum Gasteiger partial charge on any atom is -0.339 e. The van der Waals surface area contributed by atoms with Crippen LogP contribution in [0.1, 0.15) is 24.8 Å². The Hall–Kier alpha value is -2.78. The predicted molar refractivity (Wildman–Crippen MR) is 110 cm³/mol. The van der Waals surface area contributed by atoms with Gasteiger partial charge in [0.1, 0.15) is 0 Å². The number of benzene rings is 2. The van der Waals surface area contributed by atoms with Crippen molar-refractivity contribution in [2.24, 2.45) is 0 Å². The number of rotatable bonds is 5. The number of carbonyl (C=O) groups is 1. The second kappa shape index (κ2) is 7.81. The van der Waals surface area contributed by atoms with Crippen LogP contribution in [0.5, 0.6) is 0 Å². The topological polar surface area (TPSA) is 101 Å². The van der Waals surface area contributed by atoms with Crippen LogP contribution in [0.2, 0.25) is 0 Å².